The monoisotopic (exact) mass is 546 g/mol. The summed E-state index contributed by atoms with van der Waals surface area (Å²) in [5.74, 6) is -0.0195. The molecule has 2 aromatic carbocycles. The van der Waals surface area contributed by atoms with E-state index in [0.29, 0.717) is 17.0 Å². The third kappa shape index (κ3) is 7.24. The number of hydrogen-bond donors (Lipinski definition) is 3. The number of hydrogen-bond acceptors (Lipinski definition) is 6. The van der Waals surface area contributed by atoms with Gasteiger partial charge < -0.3 is 25.4 Å². The summed E-state index contributed by atoms with van der Waals surface area (Å²) in [6.45, 7) is 7.47. The quantitative estimate of drug-likeness (QED) is 0.467. The molecule has 0 aliphatic carbocycles. The fourth-order valence-corrected chi connectivity index (χ4v) is 5.48. The molecule has 3 rings (SSSR count). The second-order valence-corrected chi connectivity index (χ2v) is 12.1. The molecule has 10 nitrogen and oxygen atoms in total. The fourth-order valence-electron chi connectivity index (χ4n) is 4.28. The number of likely N-dealkylation sites (N-methyl/N-ethyl adjacent to an activating group) is 1. The van der Waals surface area contributed by atoms with Crippen LogP contribution in [0.1, 0.15) is 33.3 Å². The molecular weight excluding hydrogens is 508 g/mol. The molecule has 38 heavy (non-hydrogen) atoms. The Morgan fingerprint density at radius 1 is 1.18 bits per heavy atom. The second kappa shape index (κ2) is 12.6. The Bertz CT molecular complexity index is 1220. The molecule has 3 amide bonds. The van der Waals surface area contributed by atoms with Crippen molar-refractivity contribution < 1.29 is 27.9 Å². The van der Waals surface area contributed by atoms with Gasteiger partial charge in [-0.25, -0.2) is 13.2 Å². The van der Waals surface area contributed by atoms with E-state index >= 15 is 0 Å². The average molecular weight is 547 g/mol. The lowest BCUT2D eigenvalue weighted by Gasteiger charge is -2.33. The van der Waals surface area contributed by atoms with Gasteiger partial charge in [0, 0.05) is 36.8 Å². The van der Waals surface area contributed by atoms with Crippen LogP contribution < -0.4 is 15.4 Å². The van der Waals surface area contributed by atoms with Crippen LogP contribution in [-0.2, 0) is 21.2 Å². The smallest absolute Gasteiger partial charge is 0.319 e. The van der Waals surface area contributed by atoms with Crippen LogP contribution in [0.4, 0.5) is 10.5 Å². The van der Waals surface area contributed by atoms with E-state index in [0.717, 1.165) is 0 Å². The molecule has 1 aliphatic rings. The summed E-state index contributed by atoms with van der Waals surface area (Å²) < 4.78 is 34.1. The number of amides is 3. The minimum atomic E-state index is -3.77. The van der Waals surface area contributed by atoms with Crippen LogP contribution in [0, 0.1) is 5.92 Å². The standard InChI is InChI=1S/C27H38N4O6S/c1-18(2)28-27(34)29-22-11-12-24-21(13-22)14-26(33)31(20(4)17-32)15-19(3)25(37-24)16-30(5)38(35,36)23-9-7-6-8-10-23/h6-13,18-20,25,32H,14-17H2,1-5H3,(H2,28,29,34)/t19-,20+,25+/m1/s1. The number of aliphatic hydroxyl groups excluding tert-OH is 1. The number of ether oxygens (including phenoxy) is 1. The lowest BCUT2D eigenvalue weighted by atomic mass is 10.0. The van der Waals surface area contributed by atoms with Crippen molar-refractivity contribution in [3.8, 4) is 5.75 Å². The van der Waals surface area contributed by atoms with E-state index < -0.39 is 22.2 Å². The molecule has 0 fully saturated rings. The zero-order valence-corrected chi connectivity index (χ0v) is 23.4. The molecule has 0 unspecified atom stereocenters. The van der Waals surface area contributed by atoms with Gasteiger partial charge in [0.2, 0.25) is 15.9 Å². The molecule has 1 aliphatic heterocycles. The average Bonchev–Trinajstić information content (AvgIpc) is 2.91. The number of benzene rings is 2. The molecule has 1 heterocycles. The predicted molar refractivity (Wildman–Crippen MR) is 146 cm³/mol. The number of rotatable bonds is 8. The molecule has 0 aromatic heterocycles. The summed E-state index contributed by atoms with van der Waals surface area (Å²) >= 11 is 0. The van der Waals surface area contributed by atoms with Crippen LogP contribution in [0.15, 0.2) is 53.4 Å². The van der Waals surface area contributed by atoms with Crippen LogP contribution >= 0.6 is 0 Å². The highest BCUT2D eigenvalue weighted by molar-refractivity contribution is 7.89. The molecule has 11 heteroatoms. The van der Waals surface area contributed by atoms with E-state index in [1.807, 2.05) is 20.8 Å². The predicted octanol–water partition coefficient (Wildman–Crippen LogP) is 2.69. The first kappa shape index (κ1) is 29.4. The Labute approximate surface area is 225 Å². The summed E-state index contributed by atoms with van der Waals surface area (Å²) in [7, 11) is -2.26. The number of urea groups is 1. The molecule has 0 saturated carbocycles. The maximum Gasteiger partial charge on any atom is 0.319 e. The molecular formula is C27H38N4O6S. The number of anilines is 1. The van der Waals surface area contributed by atoms with E-state index in [1.54, 1.807) is 60.4 Å². The molecule has 3 N–H and O–H groups in total. The van der Waals surface area contributed by atoms with Gasteiger partial charge in [-0.1, -0.05) is 25.1 Å². The van der Waals surface area contributed by atoms with E-state index in [1.165, 1.54) is 11.4 Å². The normalized spacial score (nSPS) is 19.2. The zero-order chi connectivity index (χ0) is 28.0. The van der Waals surface area contributed by atoms with Crippen molar-refractivity contribution in [3.05, 3.63) is 54.1 Å². The van der Waals surface area contributed by atoms with Gasteiger partial charge in [0.1, 0.15) is 11.9 Å². The second-order valence-electron chi connectivity index (χ2n) is 10.1. The highest BCUT2D eigenvalue weighted by Crippen LogP contribution is 2.30. The van der Waals surface area contributed by atoms with Gasteiger partial charge in [-0.2, -0.15) is 4.31 Å². The van der Waals surface area contributed by atoms with Crippen molar-refractivity contribution in [1.82, 2.24) is 14.5 Å². The van der Waals surface area contributed by atoms with E-state index in [4.69, 9.17) is 4.74 Å². The van der Waals surface area contributed by atoms with Gasteiger partial charge >= 0.3 is 6.03 Å². The van der Waals surface area contributed by atoms with Crippen molar-refractivity contribution in [2.75, 3.05) is 32.1 Å². The lowest BCUT2D eigenvalue weighted by Crippen LogP contribution is -2.48. The van der Waals surface area contributed by atoms with Crippen LogP contribution in [0.25, 0.3) is 0 Å². The van der Waals surface area contributed by atoms with Gasteiger partial charge in [-0.3, -0.25) is 4.79 Å². The summed E-state index contributed by atoms with van der Waals surface area (Å²) in [6, 6.07) is 12.4. The third-order valence-corrected chi connectivity index (χ3v) is 8.32. The zero-order valence-electron chi connectivity index (χ0n) is 22.5. The summed E-state index contributed by atoms with van der Waals surface area (Å²) in [4.78, 5) is 27.3. The number of sulfonamides is 1. The summed E-state index contributed by atoms with van der Waals surface area (Å²) in [5.41, 5.74) is 1.05. The minimum absolute atomic E-state index is 0.00140. The molecule has 0 saturated heterocycles. The number of fused-ring (bicyclic) bond motifs is 1. The molecule has 0 radical (unpaired) electrons. The van der Waals surface area contributed by atoms with E-state index in [2.05, 4.69) is 10.6 Å². The highest BCUT2D eigenvalue weighted by Gasteiger charge is 2.33. The van der Waals surface area contributed by atoms with Crippen LogP contribution in [0.2, 0.25) is 0 Å². The molecule has 2 aromatic rings. The molecule has 3 atom stereocenters. The van der Waals surface area contributed by atoms with Crippen molar-refractivity contribution >= 4 is 27.6 Å². The first-order valence-corrected chi connectivity index (χ1v) is 14.1. The number of nitrogens with one attached hydrogen (secondary N) is 2. The van der Waals surface area contributed by atoms with Crippen molar-refractivity contribution in [3.63, 3.8) is 0 Å². The summed E-state index contributed by atoms with van der Waals surface area (Å²) in [6.07, 6.45) is -0.599. The number of carbonyl (C=O) groups is 2. The Balaban J connectivity index is 1.95. The number of carbonyl (C=O) groups excluding carboxylic acids is 2. The van der Waals surface area contributed by atoms with Gasteiger partial charge in [0.25, 0.3) is 0 Å². The maximum absolute atomic E-state index is 13.3. The number of aliphatic hydroxyl groups is 1. The first-order valence-electron chi connectivity index (χ1n) is 12.7. The van der Waals surface area contributed by atoms with Crippen molar-refractivity contribution in [2.45, 2.75) is 57.2 Å². The van der Waals surface area contributed by atoms with Gasteiger partial charge in [0.15, 0.2) is 0 Å². The highest BCUT2D eigenvalue weighted by atomic mass is 32.2. The van der Waals surface area contributed by atoms with Gasteiger partial charge in [-0.05, 0) is 51.1 Å². The van der Waals surface area contributed by atoms with Gasteiger partial charge in [-0.15, -0.1) is 0 Å². The van der Waals surface area contributed by atoms with Crippen LogP contribution in [0.3, 0.4) is 0 Å². The first-order chi connectivity index (χ1) is 17.9. The lowest BCUT2D eigenvalue weighted by molar-refractivity contribution is -0.134. The Morgan fingerprint density at radius 3 is 2.50 bits per heavy atom. The fraction of sp³-hybridized carbons (Fsp3) is 0.481. The van der Waals surface area contributed by atoms with Crippen molar-refractivity contribution in [1.29, 1.82) is 0 Å². The van der Waals surface area contributed by atoms with Gasteiger partial charge in [0.05, 0.1) is 30.5 Å². The Morgan fingerprint density at radius 2 is 1.87 bits per heavy atom. The molecule has 0 spiro atoms. The van der Waals surface area contributed by atoms with Crippen LogP contribution in [0.5, 0.6) is 5.75 Å². The third-order valence-electron chi connectivity index (χ3n) is 6.48. The van der Waals surface area contributed by atoms with Crippen LogP contribution in [-0.4, -0.2) is 79.6 Å². The SMILES string of the molecule is CC(C)NC(=O)Nc1ccc2c(c1)CC(=O)N([C@@H](C)CO)C[C@@H](C)[C@H](CN(C)S(=O)(=O)c1ccccc1)O2. The van der Waals surface area contributed by atoms with E-state index in [9.17, 15) is 23.1 Å². The topological polar surface area (TPSA) is 128 Å². The maximum atomic E-state index is 13.3. The summed E-state index contributed by atoms with van der Waals surface area (Å²) in [5, 5.41) is 15.3. The molecule has 0 bridgehead atoms. The van der Waals surface area contributed by atoms with E-state index in [-0.39, 0.29) is 54.9 Å². The molecule has 208 valence electrons. The Hall–Kier alpha value is -3.15. The Kier molecular flexibility index (Phi) is 9.75. The van der Waals surface area contributed by atoms with Crippen molar-refractivity contribution in [2.24, 2.45) is 5.92 Å². The number of nitrogens with zero attached hydrogens (tertiary/aromatic N) is 2. The largest absolute Gasteiger partial charge is 0.488 e. The minimum Gasteiger partial charge on any atom is -0.488 e.